The summed E-state index contributed by atoms with van der Waals surface area (Å²) in [6, 6.07) is 12.3. The Hall–Kier alpha value is -3.19. The van der Waals surface area contributed by atoms with Crippen LogP contribution in [-0.2, 0) is 6.54 Å². The van der Waals surface area contributed by atoms with Crippen LogP contribution in [0.5, 0.6) is 0 Å². The quantitative estimate of drug-likeness (QED) is 0.401. The van der Waals surface area contributed by atoms with E-state index in [0.717, 1.165) is 10.6 Å². The molecule has 0 saturated carbocycles. The molecule has 0 aliphatic carbocycles. The highest BCUT2D eigenvalue weighted by Gasteiger charge is 2.21. The van der Waals surface area contributed by atoms with Crippen LogP contribution in [0.4, 0.5) is 11.4 Å². The SMILES string of the molecule is CSc1ncccc1N(Cc1ccc(C=O)c(N)c1)C(=O)c1cccnc1. The number of pyridine rings is 2. The van der Waals surface area contributed by atoms with Crippen molar-refractivity contribution in [3.63, 3.8) is 0 Å². The number of anilines is 2. The third-order valence-electron chi connectivity index (χ3n) is 4.01. The van der Waals surface area contributed by atoms with Gasteiger partial charge in [-0.2, -0.15) is 0 Å². The smallest absolute Gasteiger partial charge is 0.260 e. The van der Waals surface area contributed by atoms with E-state index < -0.39 is 0 Å². The summed E-state index contributed by atoms with van der Waals surface area (Å²) >= 11 is 1.46. The molecular weight excluding hydrogens is 360 g/mol. The van der Waals surface area contributed by atoms with Crippen LogP contribution in [0.15, 0.2) is 66.1 Å². The second-order valence-corrected chi connectivity index (χ2v) is 6.54. The molecule has 27 heavy (non-hydrogen) atoms. The van der Waals surface area contributed by atoms with Crippen LogP contribution in [0.1, 0.15) is 26.3 Å². The third kappa shape index (κ3) is 4.15. The molecule has 6 nitrogen and oxygen atoms in total. The lowest BCUT2D eigenvalue weighted by molar-refractivity contribution is 0.0983. The molecule has 7 heteroatoms. The van der Waals surface area contributed by atoms with E-state index in [1.165, 1.54) is 18.0 Å². The largest absolute Gasteiger partial charge is 0.398 e. The summed E-state index contributed by atoms with van der Waals surface area (Å²) in [7, 11) is 0. The van der Waals surface area contributed by atoms with Gasteiger partial charge in [0.2, 0.25) is 0 Å². The zero-order chi connectivity index (χ0) is 19.2. The Labute approximate surface area is 161 Å². The van der Waals surface area contributed by atoms with Gasteiger partial charge in [0.05, 0.1) is 17.8 Å². The van der Waals surface area contributed by atoms with Crippen molar-refractivity contribution in [1.29, 1.82) is 0 Å². The fourth-order valence-electron chi connectivity index (χ4n) is 2.67. The summed E-state index contributed by atoms with van der Waals surface area (Å²) in [4.78, 5) is 34.2. The lowest BCUT2D eigenvalue weighted by Crippen LogP contribution is -2.31. The number of rotatable bonds is 6. The van der Waals surface area contributed by atoms with Gasteiger partial charge in [0.15, 0.2) is 6.29 Å². The van der Waals surface area contributed by atoms with E-state index >= 15 is 0 Å². The molecule has 0 aliphatic heterocycles. The normalized spacial score (nSPS) is 10.4. The number of hydrogen-bond donors (Lipinski definition) is 1. The van der Waals surface area contributed by atoms with Gasteiger partial charge in [0.25, 0.3) is 5.91 Å². The monoisotopic (exact) mass is 378 g/mol. The molecule has 2 N–H and O–H groups in total. The van der Waals surface area contributed by atoms with Crippen molar-refractivity contribution >= 4 is 35.3 Å². The molecule has 0 aliphatic rings. The minimum atomic E-state index is -0.190. The maximum atomic E-state index is 13.2. The Morgan fingerprint density at radius 2 is 2.04 bits per heavy atom. The second-order valence-electron chi connectivity index (χ2n) is 5.75. The van der Waals surface area contributed by atoms with E-state index in [9.17, 15) is 9.59 Å². The fraction of sp³-hybridized carbons (Fsp3) is 0.100. The number of benzene rings is 1. The summed E-state index contributed by atoms with van der Waals surface area (Å²) in [5, 5.41) is 0.743. The van der Waals surface area contributed by atoms with Crippen LogP contribution in [0.2, 0.25) is 0 Å². The number of carbonyl (C=O) groups is 2. The molecule has 0 bridgehead atoms. The van der Waals surface area contributed by atoms with Gasteiger partial charge in [-0.15, -0.1) is 11.8 Å². The van der Waals surface area contributed by atoms with Crippen molar-refractivity contribution < 1.29 is 9.59 Å². The van der Waals surface area contributed by atoms with Crippen molar-refractivity contribution in [3.8, 4) is 0 Å². The molecule has 0 atom stereocenters. The van der Waals surface area contributed by atoms with Gasteiger partial charge < -0.3 is 10.6 Å². The van der Waals surface area contributed by atoms with Gasteiger partial charge in [-0.05, 0) is 48.2 Å². The van der Waals surface area contributed by atoms with Gasteiger partial charge in [0, 0.05) is 29.8 Å². The molecule has 0 radical (unpaired) electrons. The number of aldehydes is 1. The lowest BCUT2D eigenvalue weighted by Gasteiger charge is -2.24. The highest BCUT2D eigenvalue weighted by atomic mass is 32.2. The summed E-state index contributed by atoms with van der Waals surface area (Å²) in [6.07, 6.45) is 7.48. The molecule has 136 valence electrons. The maximum Gasteiger partial charge on any atom is 0.260 e. The number of nitrogens with zero attached hydrogens (tertiary/aromatic N) is 3. The van der Waals surface area contributed by atoms with Crippen molar-refractivity contribution in [2.45, 2.75) is 11.6 Å². The first-order chi connectivity index (χ1) is 13.1. The van der Waals surface area contributed by atoms with Gasteiger partial charge in [-0.25, -0.2) is 4.98 Å². The van der Waals surface area contributed by atoms with E-state index in [1.54, 1.807) is 53.7 Å². The number of aromatic nitrogens is 2. The summed E-state index contributed by atoms with van der Waals surface area (Å²) in [5.41, 5.74) is 8.73. The Kier molecular flexibility index (Phi) is 5.83. The summed E-state index contributed by atoms with van der Waals surface area (Å²) < 4.78 is 0. The third-order valence-corrected chi connectivity index (χ3v) is 4.71. The number of amides is 1. The number of thioether (sulfide) groups is 1. The van der Waals surface area contributed by atoms with E-state index in [4.69, 9.17) is 5.73 Å². The predicted molar refractivity (Wildman–Crippen MR) is 107 cm³/mol. The fourth-order valence-corrected chi connectivity index (χ4v) is 3.22. The van der Waals surface area contributed by atoms with Gasteiger partial charge in [-0.1, -0.05) is 6.07 Å². The van der Waals surface area contributed by atoms with Gasteiger partial charge in [-0.3, -0.25) is 14.6 Å². The summed E-state index contributed by atoms with van der Waals surface area (Å²) in [5.74, 6) is -0.190. The van der Waals surface area contributed by atoms with Crippen LogP contribution < -0.4 is 10.6 Å². The molecular formula is C20H18N4O2S. The standard InChI is InChI=1S/C20H18N4O2S/c1-27-19-18(5-3-9-23-19)24(20(26)15-4-2-8-22-11-15)12-14-6-7-16(13-25)17(21)10-14/h2-11,13H,12,21H2,1H3. The number of carbonyl (C=O) groups excluding carboxylic acids is 2. The van der Waals surface area contributed by atoms with E-state index in [2.05, 4.69) is 9.97 Å². The zero-order valence-corrected chi connectivity index (χ0v) is 15.5. The van der Waals surface area contributed by atoms with Crippen LogP contribution in [-0.4, -0.2) is 28.4 Å². The molecule has 3 rings (SSSR count). The lowest BCUT2D eigenvalue weighted by atomic mass is 10.1. The van der Waals surface area contributed by atoms with Crippen molar-refractivity contribution in [3.05, 3.63) is 77.7 Å². The molecule has 0 saturated heterocycles. The highest BCUT2D eigenvalue weighted by molar-refractivity contribution is 7.98. The van der Waals surface area contributed by atoms with Gasteiger partial charge in [0.1, 0.15) is 5.03 Å². The molecule has 2 heterocycles. The molecule has 0 unspecified atom stereocenters. The zero-order valence-electron chi connectivity index (χ0n) is 14.7. The van der Waals surface area contributed by atoms with Crippen molar-refractivity contribution in [2.24, 2.45) is 0 Å². The average molecular weight is 378 g/mol. The first kappa shape index (κ1) is 18.6. The molecule has 1 aromatic carbocycles. The Morgan fingerprint density at radius 1 is 1.22 bits per heavy atom. The molecule has 0 spiro atoms. The topological polar surface area (TPSA) is 89.2 Å². The predicted octanol–water partition coefficient (Wildman–Crippen LogP) is 3.44. The molecule has 1 amide bonds. The molecule has 3 aromatic rings. The minimum Gasteiger partial charge on any atom is -0.398 e. The molecule has 0 fully saturated rings. The van der Waals surface area contributed by atoms with E-state index in [1.807, 2.05) is 12.3 Å². The second kappa shape index (κ2) is 8.46. The highest BCUT2D eigenvalue weighted by Crippen LogP contribution is 2.29. The van der Waals surface area contributed by atoms with E-state index in [0.29, 0.717) is 28.8 Å². The molecule has 2 aromatic heterocycles. The Morgan fingerprint density at radius 3 is 2.70 bits per heavy atom. The van der Waals surface area contributed by atoms with Crippen molar-refractivity contribution in [1.82, 2.24) is 9.97 Å². The van der Waals surface area contributed by atoms with Crippen LogP contribution >= 0.6 is 11.8 Å². The minimum absolute atomic E-state index is 0.190. The van der Waals surface area contributed by atoms with E-state index in [-0.39, 0.29) is 12.5 Å². The van der Waals surface area contributed by atoms with Crippen LogP contribution in [0.3, 0.4) is 0 Å². The number of nitrogen functional groups attached to an aromatic ring is 1. The van der Waals surface area contributed by atoms with Crippen LogP contribution in [0.25, 0.3) is 0 Å². The Balaban J connectivity index is 2.03. The Bertz CT molecular complexity index is 963. The van der Waals surface area contributed by atoms with Gasteiger partial charge >= 0.3 is 0 Å². The first-order valence-corrected chi connectivity index (χ1v) is 9.41. The van der Waals surface area contributed by atoms with Crippen molar-refractivity contribution in [2.75, 3.05) is 16.9 Å². The first-order valence-electron chi connectivity index (χ1n) is 8.18. The number of nitrogens with two attached hydrogens (primary N) is 1. The van der Waals surface area contributed by atoms with Crippen LogP contribution in [0, 0.1) is 0 Å². The summed E-state index contributed by atoms with van der Waals surface area (Å²) in [6.45, 7) is 0.288. The number of hydrogen-bond acceptors (Lipinski definition) is 6. The maximum absolute atomic E-state index is 13.2. The average Bonchev–Trinajstić information content (AvgIpc) is 2.72.